The molecule has 2 aromatic rings. The largest absolute Gasteiger partial charge is 0.355 e. The summed E-state index contributed by atoms with van der Waals surface area (Å²) >= 11 is 0. The lowest BCUT2D eigenvalue weighted by Gasteiger charge is -2.29. The first kappa shape index (κ1) is 16.0. The average Bonchev–Trinajstić information content (AvgIpc) is 2.62. The number of carbonyl (C=O) groups excluding carboxylic acids is 2. The van der Waals surface area contributed by atoms with Crippen LogP contribution in [0.1, 0.15) is 21.5 Å². The summed E-state index contributed by atoms with van der Waals surface area (Å²) in [7, 11) is 1.52. The maximum absolute atomic E-state index is 12.5. The zero-order valence-electron chi connectivity index (χ0n) is 13.5. The molecule has 1 aromatic heterocycles. The van der Waals surface area contributed by atoms with Gasteiger partial charge in [-0.1, -0.05) is 24.3 Å². The van der Waals surface area contributed by atoms with Gasteiger partial charge in [0.25, 0.3) is 11.5 Å². The Kier molecular flexibility index (Phi) is 4.46. The molecular weight excluding hydrogens is 306 g/mol. The lowest BCUT2D eigenvalue weighted by Crippen LogP contribution is -2.39. The van der Waals surface area contributed by atoms with Crippen molar-refractivity contribution in [1.82, 2.24) is 14.8 Å². The van der Waals surface area contributed by atoms with Crippen LogP contribution in [0.25, 0.3) is 0 Å². The topological polar surface area (TPSA) is 71.4 Å². The van der Waals surface area contributed by atoms with Crippen molar-refractivity contribution in [2.75, 3.05) is 13.6 Å². The van der Waals surface area contributed by atoms with Crippen molar-refractivity contribution in [3.05, 3.63) is 69.6 Å². The Morgan fingerprint density at radius 3 is 2.62 bits per heavy atom. The number of amides is 2. The monoisotopic (exact) mass is 325 g/mol. The Bertz CT molecular complexity index is 841. The number of pyridine rings is 1. The third kappa shape index (κ3) is 3.22. The van der Waals surface area contributed by atoms with Crippen molar-refractivity contribution >= 4 is 11.8 Å². The summed E-state index contributed by atoms with van der Waals surface area (Å²) in [6, 6.07) is 10.8. The normalized spacial score (nSPS) is 13.3. The molecule has 1 aliphatic rings. The van der Waals surface area contributed by atoms with Gasteiger partial charge < -0.3 is 14.8 Å². The van der Waals surface area contributed by atoms with E-state index >= 15 is 0 Å². The Labute approximate surface area is 139 Å². The fourth-order valence-corrected chi connectivity index (χ4v) is 2.89. The standard InChI is InChI=1S/C18H19N3O3/c1-19-18(24)15-6-7-16(22)21(11-15)12-17(23)20-9-8-13-4-2-3-5-14(13)10-20/h2-7,11H,8-10,12H2,1H3,(H,19,24). The van der Waals surface area contributed by atoms with Gasteiger partial charge in [-0.25, -0.2) is 0 Å². The zero-order valence-corrected chi connectivity index (χ0v) is 13.5. The predicted octanol–water partition coefficient (Wildman–Crippen LogP) is 0.793. The van der Waals surface area contributed by atoms with Gasteiger partial charge in [-0.3, -0.25) is 14.4 Å². The molecule has 1 N–H and O–H groups in total. The first-order valence-electron chi connectivity index (χ1n) is 7.85. The quantitative estimate of drug-likeness (QED) is 0.907. The second-order valence-electron chi connectivity index (χ2n) is 5.80. The molecule has 0 radical (unpaired) electrons. The second kappa shape index (κ2) is 6.70. The first-order chi connectivity index (χ1) is 11.6. The van der Waals surface area contributed by atoms with Gasteiger partial charge in [0.15, 0.2) is 0 Å². The summed E-state index contributed by atoms with van der Waals surface area (Å²) in [5, 5.41) is 2.51. The molecule has 0 spiro atoms. The van der Waals surface area contributed by atoms with Crippen LogP contribution in [0, 0.1) is 0 Å². The van der Waals surface area contributed by atoms with E-state index in [1.165, 1.54) is 35.5 Å². The zero-order chi connectivity index (χ0) is 17.1. The molecule has 0 saturated heterocycles. The van der Waals surface area contributed by atoms with E-state index in [9.17, 15) is 14.4 Å². The van der Waals surface area contributed by atoms with Crippen molar-refractivity contribution in [1.29, 1.82) is 0 Å². The van der Waals surface area contributed by atoms with Gasteiger partial charge in [0.05, 0.1) is 5.56 Å². The van der Waals surface area contributed by atoms with Gasteiger partial charge >= 0.3 is 0 Å². The summed E-state index contributed by atoms with van der Waals surface area (Å²) in [5.74, 6) is -0.413. The maximum atomic E-state index is 12.5. The van der Waals surface area contributed by atoms with Gasteiger partial charge in [-0.2, -0.15) is 0 Å². The van der Waals surface area contributed by atoms with Crippen LogP contribution in [0.2, 0.25) is 0 Å². The Hall–Kier alpha value is -2.89. The van der Waals surface area contributed by atoms with Crippen molar-refractivity contribution in [3.63, 3.8) is 0 Å². The van der Waals surface area contributed by atoms with Crippen LogP contribution in [0.15, 0.2) is 47.4 Å². The molecule has 3 rings (SSSR count). The summed E-state index contributed by atoms with van der Waals surface area (Å²) in [6.45, 7) is 1.13. The molecule has 0 unspecified atom stereocenters. The molecule has 1 aromatic carbocycles. The van der Waals surface area contributed by atoms with Crippen LogP contribution < -0.4 is 10.9 Å². The van der Waals surface area contributed by atoms with E-state index in [0.717, 1.165) is 12.0 Å². The fraction of sp³-hybridized carbons (Fsp3) is 0.278. The molecular formula is C18H19N3O3. The molecule has 0 saturated carbocycles. The fourth-order valence-electron chi connectivity index (χ4n) is 2.89. The van der Waals surface area contributed by atoms with Crippen molar-refractivity contribution in [3.8, 4) is 0 Å². The van der Waals surface area contributed by atoms with Crippen LogP contribution >= 0.6 is 0 Å². The highest BCUT2D eigenvalue weighted by atomic mass is 16.2. The number of nitrogens with one attached hydrogen (secondary N) is 1. The van der Waals surface area contributed by atoms with E-state index in [1.807, 2.05) is 18.2 Å². The van der Waals surface area contributed by atoms with Crippen LogP contribution in [-0.2, 0) is 24.3 Å². The molecule has 124 valence electrons. The minimum Gasteiger partial charge on any atom is -0.355 e. The van der Waals surface area contributed by atoms with Crippen molar-refractivity contribution < 1.29 is 9.59 Å². The maximum Gasteiger partial charge on any atom is 0.252 e. The number of fused-ring (bicyclic) bond motifs is 1. The third-order valence-electron chi connectivity index (χ3n) is 4.26. The SMILES string of the molecule is CNC(=O)c1ccc(=O)n(CC(=O)N2CCc3ccccc3C2)c1. The highest BCUT2D eigenvalue weighted by Crippen LogP contribution is 2.18. The number of hydrogen-bond acceptors (Lipinski definition) is 3. The predicted molar refractivity (Wildman–Crippen MR) is 89.7 cm³/mol. The van der Waals surface area contributed by atoms with Crippen molar-refractivity contribution in [2.24, 2.45) is 0 Å². The number of rotatable bonds is 3. The minimum atomic E-state index is -0.298. The molecule has 0 fully saturated rings. The Morgan fingerprint density at radius 2 is 1.88 bits per heavy atom. The summed E-state index contributed by atoms with van der Waals surface area (Å²) < 4.78 is 1.29. The van der Waals surface area contributed by atoms with Crippen LogP contribution in [0.5, 0.6) is 0 Å². The summed E-state index contributed by atoms with van der Waals surface area (Å²) in [5.41, 5.74) is 2.46. The average molecular weight is 325 g/mol. The van der Waals surface area contributed by atoms with Crippen molar-refractivity contribution in [2.45, 2.75) is 19.5 Å². The molecule has 0 bridgehead atoms. The molecule has 6 heteroatoms. The summed E-state index contributed by atoms with van der Waals surface area (Å²) in [6.07, 6.45) is 2.24. The molecule has 0 atom stereocenters. The number of nitrogens with zero attached hydrogens (tertiary/aromatic N) is 2. The van der Waals surface area contributed by atoms with Crippen LogP contribution in [0.4, 0.5) is 0 Å². The smallest absolute Gasteiger partial charge is 0.252 e. The lowest BCUT2D eigenvalue weighted by atomic mass is 10.00. The molecule has 1 aliphatic heterocycles. The number of hydrogen-bond donors (Lipinski definition) is 1. The first-order valence-corrected chi connectivity index (χ1v) is 7.85. The van der Waals surface area contributed by atoms with E-state index in [1.54, 1.807) is 4.90 Å². The highest BCUT2D eigenvalue weighted by molar-refractivity contribution is 5.93. The number of benzene rings is 1. The second-order valence-corrected chi connectivity index (χ2v) is 5.80. The Balaban J connectivity index is 1.76. The van der Waals surface area contributed by atoms with Crippen LogP contribution in [0.3, 0.4) is 0 Å². The molecule has 0 aliphatic carbocycles. The molecule has 24 heavy (non-hydrogen) atoms. The van der Waals surface area contributed by atoms with E-state index in [4.69, 9.17) is 0 Å². The van der Waals surface area contributed by atoms with Gasteiger partial charge in [0, 0.05) is 32.4 Å². The lowest BCUT2D eigenvalue weighted by molar-refractivity contribution is -0.132. The van der Waals surface area contributed by atoms with Gasteiger partial charge in [-0.15, -0.1) is 0 Å². The van der Waals surface area contributed by atoms with Gasteiger partial charge in [0.1, 0.15) is 6.54 Å². The van der Waals surface area contributed by atoms with E-state index in [-0.39, 0.29) is 23.9 Å². The molecule has 6 nitrogen and oxygen atoms in total. The van der Waals surface area contributed by atoms with E-state index < -0.39 is 0 Å². The van der Waals surface area contributed by atoms with Crippen LogP contribution in [-0.4, -0.2) is 34.9 Å². The van der Waals surface area contributed by atoms with E-state index in [0.29, 0.717) is 18.7 Å². The Morgan fingerprint density at radius 1 is 1.12 bits per heavy atom. The molecule has 2 amide bonds. The van der Waals surface area contributed by atoms with E-state index in [2.05, 4.69) is 11.4 Å². The van der Waals surface area contributed by atoms with Gasteiger partial charge in [-0.05, 0) is 23.6 Å². The third-order valence-corrected chi connectivity index (χ3v) is 4.26. The number of aromatic nitrogens is 1. The van der Waals surface area contributed by atoms with Gasteiger partial charge in [0.2, 0.25) is 5.91 Å². The highest BCUT2D eigenvalue weighted by Gasteiger charge is 2.21. The molecule has 2 heterocycles. The summed E-state index contributed by atoms with van der Waals surface area (Å²) in [4.78, 5) is 37.9. The minimum absolute atomic E-state index is 0.0637. The number of carbonyl (C=O) groups is 2.